The molecule has 0 aliphatic carbocycles. The standard InChI is InChI=1S/C46H73N5O10/c1-14-20-29(6)39-31(8)36(52)24-23-30(7)45(58)61-40(28(5)16-3)41(54)47-32(9)42(55)51(13)35(25-34-21-18-17-19-22-34)43(56)49(11)26-37(53)48-38(27(4)15-2)44(57)50(12)33(10)46(59)60-39/h17-19,21-23,27-29,31-33,35-36,38-40,52H,14-16,20,24-26H2,1-13H3,(H,47,54)(H,48,53)/t27-,28-,29-,31-,32-,33-,35+,36-,38-,39+,40+/m0/s1. The lowest BCUT2D eigenvalue weighted by atomic mass is 9.85. The molecule has 1 aromatic rings. The molecule has 1 heterocycles. The van der Waals surface area contributed by atoms with Crippen LogP contribution in [0.4, 0.5) is 0 Å². The number of aliphatic hydroxyl groups is 1. The molecule has 0 unspecified atom stereocenters. The predicted molar refractivity (Wildman–Crippen MR) is 232 cm³/mol. The van der Waals surface area contributed by atoms with Gasteiger partial charge in [0.1, 0.15) is 30.3 Å². The molecule has 5 amide bonds. The van der Waals surface area contributed by atoms with Gasteiger partial charge in [0, 0.05) is 45.0 Å². The first-order valence-corrected chi connectivity index (χ1v) is 21.8. The lowest BCUT2D eigenvalue weighted by Crippen LogP contribution is -2.58. The van der Waals surface area contributed by atoms with Crippen molar-refractivity contribution in [1.82, 2.24) is 25.3 Å². The van der Waals surface area contributed by atoms with Crippen LogP contribution in [0.25, 0.3) is 0 Å². The van der Waals surface area contributed by atoms with E-state index in [1.54, 1.807) is 32.9 Å². The molecule has 0 aromatic heterocycles. The van der Waals surface area contributed by atoms with Gasteiger partial charge in [-0.1, -0.05) is 97.7 Å². The van der Waals surface area contributed by atoms with Crippen molar-refractivity contribution < 1.29 is 48.1 Å². The van der Waals surface area contributed by atoms with Gasteiger partial charge in [-0.05, 0) is 57.4 Å². The number of nitrogens with zero attached hydrogens (tertiary/aromatic N) is 3. The van der Waals surface area contributed by atoms with E-state index in [2.05, 4.69) is 10.6 Å². The number of esters is 2. The molecule has 0 fully saturated rings. The van der Waals surface area contributed by atoms with E-state index in [1.807, 2.05) is 45.9 Å². The number of amides is 5. The van der Waals surface area contributed by atoms with Crippen LogP contribution in [0, 0.1) is 23.7 Å². The van der Waals surface area contributed by atoms with E-state index in [1.165, 1.54) is 62.7 Å². The van der Waals surface area contributed by atoms with Crippen molar-refractivity contribution in [1.29, 1.82) is 0 Å². The SMILES string of the molecule is CCC[C@H](C)[C@H]1OC(=O)[C@H](C)N(C)C(=O)[C@H]([C@@H](C)CC)NC(=O)CN(C)C(=O)[C@@H](Cc2ccccc2)N(C)C(=O)[C@H](C)NC(=O)[C@@H]([C@@H](C)CC)OC(=O)C(C)=CC[C@H](O)[C@@H]1C. The maximum atomic E-state index is 14.2. The first-order valence-electron chi connectivity index (χ1n) is 21.8. The summed E-state index contributed by atoms with van der Waals surface area (Å²) < 4.78 is 11.8. The molecule has 0 radical (unpaired) electrons. The van der Waals surface area contributed by atoms with Gasteiger partial charge in [0.05, 0.1) is 12.6 Å². The molecular formula is C46H73N5O10. The molecule has 0 saturated heterocycles. The Bertz CT molecular complexity index is 1690. The highest BCUT2D eigenvalue weighted by Crippen LogP contribution is 2.27. The summed E-state index contributed by atoms with van der Waals surface area (Å²) in [5, 5.41) is 16.9. The van der Waals surface area contributed by atoms with Crippen LogP contribution < -0.4 is 10.6 Å². The van der Waals surface area contributed by atoms with E-state index >= 15 is 0 Å². The summed E-state index contributed by atoms with van der Waals surface area (Å²) in [6, 6.07) is 4.67. The third kappa shape index (κ3) is 14.7. The van der Waals surface area contributed by atoms with Crippen LogP contribution in [0.2, 0.25) is 0 Å². The first kappa shape index (κ1) is 52.3. The molecular weight excluding hydrogens is 783 g/mol. The average Bonchev–Trinajstić information content (AvgIpc) is 3.24. The van der Waals surface area contributed by atoms with E-state index in [4.69, 9.17) is 9.47 Å². The average molecular weight is 856 g/mol. The highest BCUT2D eigenvalue weighted by atomic mass is 16.6. The highest BCUT2D eigenvalue weighted by Gasteiger charge is 2.39. The van der Waals surface area contributed by atoms with Crippen molar-refractivity contribution in [2.45, 2.75) is 150 Å². The summed E-state index contributed by atoms with van der Waals surface area (Å²) in [5.74, 6) is -6.03. The fourth-order valence-electron chi connectivity index (χ4n) is 7.32. The van der Waals surface area contributed by atoms with Crippen LogP contribution in [0.1, 0.15) is 107 Å². The smallest absolute Gasteiger partial charge is 0.334 e. The zero-order valence-corrected chi connectivity index (χ0v) is 38.7. The lowest BCUT2D eigenvalue weighted by Gasteiger charge is -2.35. The van der Waals surface area contributed by atoms with Crippen molar-refractivity contribution in [3.05, 3.63) is 47.5 Å². The first-order chi connectivity index (χ1) is 28.6. The number of carbonyl (C=O) groups is 7. The highest BCUT2D eigenvalue weighted by molar-refractivity contribution is 5.96. The monoisotopic (exact) mass is 856 g/mol. The minimum atomic E-state index is -1.26. The van der Waals surface area contributed by atoms with Crippen molar-refractivity contribution >= 4 is 41.5 Å². The van der Waals surface area contributed by atoms with E-state index < -0.39 is 102 Å². The minimum absolute atomic E-state index is 0.00927. The second-order valence-corrected chi connectivity index (χ2v) is 17.1. The Labute approximate surface area is 363 Å². The van der Waals surface area contributed by atoms with Crippen molar-refractivity contribution in [2.75, 3.05) is 27.7 Å². The molecule has 15 heteroatoms. The molecule has 1 aliphatic rings. The number of nitrogens with one attached hydrogen (secondary N) is 2. The number of carbonyl (C=O) groups excluding carboxylic acids is 7. The number of ether oxygens (including phenoxy) is 2. The Morgan fingerprint density at radius 1 is 0.787 bits per heavy atom. The summed E-state index contributed by atoms with van der Waals surface area (Å²) in [6.45, 7) is 17.0. The van der Waals surface area contributed by atoms with E-state index in [-0.39, 0.29) is 30.3 Å². The Hall–Kier alpha value is -4.79. The third-order valence-electron chi connectivity index (χ3n) is 12.2. The summed E-state index contributed by atoms with van der Waals surface area (Å²) in [5.41, 5.74) is 0.893. The van der Waals surface area contributed by atoms with Gasteiger partial charge in [0.15, 0.2) is 6.10 Å². The summed E-state index contributed by atoms with van der Waals surface area (Å²) >= 11 is 0. The normalized spacial score (nSPS) is 28.3. The molecule has 0 spiro atoms. The zero-order valence-electron chi connectivity index (χ0n) is 38.7. The molecule has 1 aromatic carbocycles. The maximum absolute atomic E-state index is 14.2. The van der Waals surface area contributed by atoms with Crippen LogP contribution in [-0.2, 0) is 49.5 Å². The molecule has 2 rings (SSSR count). The van der Waals surface area contributed by atoms with Crippen LogP contribution >= 0.6 is 0 Å². The van der Waals surface area contributed by atoms with Gasteiger partial charge in [-0.3, -0.25) is 24.0 Å². The van der Waals surface area contributed by atoms with Gasteiger partial charge in [-0.15, -0.1) is 0 Å². The maximum Gasteiger partial charge on any atom is 0.334 e. The van der Waals surface area contributed by atoms with Gasteiger partial charge in [-0.25, -0.2) is 9.59 Å². The van der Waals surface area contributed by atoms with E-state index in [9.17, 15) is 38.7 Å². The van der Waals surface area contributed by atoms with Gasteiger partial charge >= 0.3 is 11.9 Å². The Balaban J connectivity index is 2.67. The summed E-state index contributed by atoms with van der Waals surface area (Å²) in [7, 11) is 4.34. The second-order valence-electron chi connectivity index (χ2n) is 17.1. The van der Waals surface area contributed by atoms with Gasteiger partial charge < -0.3 is 39.9 Å². The van der Waals surface area contributed by atoms with Crippen molar-refractivity contribution in [3.63, 3.8) is 0 Å². The molecule has 0 saturated carbocycles. The largest absolute Gasteiger partial charge is 0.460 e. The topological polar surface area (TPSA) is 192 Å². The molecule has 11 atom stereocenters. The third-order valence-corrected chi connectivity index (χ3v) is 12.2. The van der Waals surface area contributed by atoms with Crippen LogP contribution in [-0.4, -0.2) is 131 Å². The number of aliphatic hydroxyl groups excluding tert-OH is 1. The minimum Gasteiger partial charge on any atom is -0.460 e. The number of cyclic esters (lactones) is 2. The number of hydrogen-bond donors (Lipinski definition) is 3. The number of rotatable bonds is 9. The fraction of sp³-hybridized carbons (Fsp3) is 0.674. The molecule has 342 valence electrons. The van der Waals surface area contributed by atoms with Crippen LogP contribution in [0.3, 0.4) is 0 Å². The van der Waals surface area contributed by atoms with Crippen molar-refractivity contribution in [2.24, 2.45) is 23.7 Å². The fourth-order valence-corrected chi connectivity index (χ4v) is 7.32. The molecule has 15 nitrogen and oxygen atoms in total. The molecule has 61 heavy (non-hydrogen) atoms. The van der Waals surface area contributed by atoms with Crippen LogP contribution in [0.5, 0.6) is 0 Å². The van der Waals surface area contributed by atoms with E-state index in [0.717, 1.165) is 12.0 Å². The lowest BCUT2D eigenvalue weighted by molar-refractivity contribution is -0.166. The Morgan fingerprint density at radius 2 is 1.39 bits per heavy atom. The molecule has 3 N–H and O–H groups in total. The van der Waals surface area contributed by atoms with Crippen LogP contribution in [0.15, 0.2) is 42.0 Å². The van der Waals surface area contributed by atoms with E-state index in [0.29, 0.717) is 19.3 Å². The number of hydrogen-bond acceptors (Lipinski definition) is 10. The molecule has 0 bridgehead atoms. The molecule has 1 aliphatic heterocycles. The summed E-state index contributed by atoms with van der Waals surface area (Å²) in [6.07, 6.45) is 1.00. The van der Waals surface area contributed by atoms with Gasteiger partial charge in [-0.2, -0.15) is 0 Å². The summed E-state index contributed by atoms with van der Waals surface area (Å²) in [4.78, 5) is 101. The van der Waals surface area contributed by atoms with Crippen molar-refractivity contribution in [3.8, 4) is 0 Å². The van der Waals surface area contributed by atoms with Gasteiger partial charge in [0.2, 0.25) is 23.6 Å². The number of likely N-dealkylation sites (N-methyl/N-ethyl adjacent to an activating group) is 3. The number of benzene rings is 1. The second kappa shape index (κ2) is 24.6. The predicted octanol–water partition coefficient (Wildman–Crippen LogP) is 4.05. The van der Waals surface area contributed by atoms with Gasteiger partial charge in [0.25, 0.3) is 5.91 Å². The Kier molecular flexibility index (Phi) is 21.1. The zero-order chi connectivity index (χ0) is 46.3. The quantitative estimate of drug-likeness (QED) is 0.306. The Morgan fingerprint density at radius 3 is 1.97 bits per heavy atom.